The van der Waals surface area contributed by atoms with Crippen LogP contribution in [0.4, 0.5) is 0 Å². The van der Waals surface area contributed by atoms with Gasteiger partial charge in [0.15, 0.2) is 12.0 Å². The topological polar surface area (TPSA) is 273 Å². The summed E-state index contributed by atoms with van der Waals surface area (Å²) in [4.78, 5) is 64.3. The Kier molecular flexibility index (Phi) is 14.7. The molecule has 0 saturated heterocycles. The molecule has 0 aromatic rings. The molecule has 6 atom stereocenters. The first-order chi connectivity index (χ1) is 16.7. The van der Waals surface area contributed by atoms with Crippen LogP contribution in [0.2, 0.25) is 0 Å². The number of aliphatic hydroxyl groups excluding tert-OH is 1. The van der Waals surface area contributed by atoms with Crippen molar-refractivity contribution in [3.63, 3.8) is 0 Å². The maximum Gasteiger partial charge on any atom is 0.328 e. The second-order valence-corrected chi connectivity index (χ2v) is 8.49. The number of guanidine groups is 1. The highest BCUT2D eigenvalue weighted by Gasteiger charge is 2.33. The molecule has 0 aromatic carbocycles. The number of rotatable bonds is 17. The highest BCUT2D eigenvalue weighted by atomic mass is 16.4. The van der Waals surface area contributed by atoms with E-state index in [1.54, 1.807) is 13.8 Å². The maximum atomic E-state index is 13.1. The fourth-order valence-corrected chi connectivity index (χ4v) is 3.05. The van der Waals surface area contributed by atoms with Crippen LogP contribution < -0.4 is 33.2 Å². The number of nitrogens with two attached hydrogens (primary N) is 3. The van der Waals surface area contributed by atoms with Crippen LogP contribution in [0.5, 0.6) is 0 Å². The number of aliphatic imine (C=N–C) groups is 1. The molecule has 0 aliphatic rings. The molecule has 0 aromatic heterocycles. The van der Waals surface area contributed by atoms with Crippen molar-refractivity contribution in [1.29, 1.82) is 0 Å². The van der Waals surface area contributed by atoms with Gasteiger partial charge < -0.3 is 48.5 Å². The number of nitrogens with one attached hydrogen (secondary N) is 3. The zero-order valence-electron chi connectivity index (χ0n) is 20.8. The van der Waals surface area contributed by atoms with E-state index in [1.807, 2.05) is 0 Å². The van der Waals surface area contributed by atoms with Crippen LogP contribution in [-0.2, 0) is 24.0 Å². The Morgan fingerprint density at radius 1 is 0.889 bits per heavy atom. The van der Waals surface area contributed by atoms with Gasteiger partial charge in [0.05, 0.1) is 12.1 Å². The highest BCUT2D eigenvalue weighted by Crippen LogP contribution is 2.11. The zero-order valence-corrected chi connectivity index (χ0v) is 20.8. The first-order valence-electron chi connectivity index (χ1n) is 11.6. The predicted molar refractivity (Wildman–Crippen MR) is 129 cm³/mol. The Morgan fingerprint density at radius 2 is 1.47 bits per heavy atom. The third-order valence-corrected chi connectivity index (χ3v) is 5.42. The Labute approximate surface area is 209 Å². The lowest BCUT2D eigenvalue weighted by molar-refractivity contribution is -0.145. The predicted octanol–water partition coefficient (Wildman–Crippen LogP) is -2.80. The number of amides is 3. The van der Waals surface area contributed by atoms with Gasteiger partial charge in [-0.2, -0.15) is 0 Å². The molecule has 36 heavy (non-hydrogen) atoms. The number of carbonyl (C=O) groups excluding carboxylic acids is 3. The molecule has 0 saturated carbocycles. The molecule has 0 bridgehead atoms. The number of carbonyl (C=O) groups is 5. The van der Waals surface area contributed by atoms with Crippen LogP contribution in [0, 0.1) is 5.92 Å². The summed E-state index contributed by atoms with van der Waals surface area (Å²) in [5.74, 6) is -5.48. The molecule has 0 fully saturated rings. The van der Waals surface area contributed by atoms with E-state index in [-0.39, 0.29) is 38.2 Å². The Morgan fingerprint density at radius 3 is 1.94 bits per heavy atom. The lowest BCUT2D eigenvalue weighted by Gasteiger charge is -2.28. The fourth-order valence-electron chi connectivity index (χ4n) is 3.05. The van der Waals surface area contributed by atoms with Gasteiger partial charge in [-0.25, -0.2) is 4.79 Å². The first-order valence-corrected chi connectivity index (χ1v) is 11.6. The molecule has 0 heterocycles. The molecule has 0 spiro atoms. The molecule has 0 aliphatic heterocycles. The molecule has 0 aliphatic carbocycles. The second-order valence-electron chi connectivity index (χ2n) is 8.49. The van der Waals surface area contributed by atoms with Gasteiger partial charge in [-0.3, -0.25) is 24.2 Å². The monoisotopic (exact) mass is 517 g/mol. The molecule has 15 nitrogen and oxygen atoms in total. The summed E-state index contributed by atoms with van der Waals surface area (Å²) in [6.07, 6.45) is -1.16. The second kappa shape index (κ2) is 16.3. The van der Waals surface area contributed by atoms with Crippen LogP contribution in [-0.4, -0.2) is 87.8 Å². The molecule has 0 radical (unpaired) electrons. The summed E-state index contributed by atoms with van der Waals surface area (Å²) in [5.41, 5.74) is 16.3. The molecule has 0 rings (SSSR count). The van der Waals surface area contributed by atoms with Crippen molar-refractivity contribution in [3.8, 4) is 0 Å². The van der Waals surface area contributed by atoms with Crippen molar-refractivity contribution in [2.75, 3.05) is 6.54 Å². The van der Waals surface area contributed by atoms with Gasteiger partial charge in [-0.15, -0.1) is 0 Å². The largest absolute Gasteiger partial charge is 0.481 e. The number of carboxylic acid groups (broad SMARTS) is 2. The highest BCUT2D eigenvalue weighted by molar-refractivity contribution is 5.94. The summed E-state index contributed by atoms with van der Waals surface area (Å²) in [6.45, 7) is 4.79. The van der Waals surface area contributed by atoms with Crippen LogP contribution in [0.3, 0.4) is 0 Å². The van der Waals surface area contributed by atoms with Crippen molar-refractivity contribution >= 4 is 35.6 Å². The van der Waals surface area contributed by atoms with Crippen LogP contribution in [0.15, 0.2) is 4.99 Å². The minimum atomic E-state index is -1.62. The van der Waals surface area contributed by atoms with Crippen LogP contribution in [0.25, 0.3) is 0 Å². The van der Waals surface area contributed by atoms with E-state index in [0.29, 0.717) is 6.42 Å². The van der Waals surface area contributed by atoms with E-state index in [1.165, 1.54) is 6.92 Å². The van der Waals surface area contributed by atoms with Crippen molar-refractivity contribution < 1.29 is 39.3 Å². The number of hydrogen-bond acceptors (Lipinski definition) is 8. The molecule has 206 valence electrons. The summed E-state index contributed by atoms with van der Waals surface area (Å²) in [5, 5.41) is 34.9. The van der Waals surface area contributed by atoms with Crippen molar-refractivity contribution in [3.05, 3.63) is 0 Å². The SMILES string of the molecule is CCC(C)C(NC(=O)C(N)CCC(=O)O)C(=O)NC(CCCN=C(N)N)C(=O)NC(C(=O)O)C(C)O. The lowest BCUT2D eigenvalue weighted by Crippen LogP contribution is -2.59. The Bertz CT molecular complexity index is 801. The van der Waals surface area contributed by atoms with E-state index in [2.05, 4.69) is 20.9 Å². The Hall–Kier alpha value is -3.46. The normalized spacial score (nSPS) is 15.8. The van der Waals surface area contributed by atoms with Gasteiger partial charge in [0, 0.05) is 13.0 Å². The molecule has 12 N–H and O–H groups in total. The number of hydrogen-bond donors (Lipinski definition) is 9. The van der Waals surface area contributed by atoms with Gasteiger partial charge in [-0.1, -0.05) is 20.3 Å². The van der Waals surface area contributed by atoms with E-state index in [4.69, 9.17) is 22.3 Å². The fraction of sp³-hybridized carbons (Fsp3) is 0.714. The average molecular weight is 518 g/mol. The van der Waals surface area contributed by atoms with Gasteiger partial charge in [0.1, 0.15) is 12.1 Å². The summed E-state index contributed by atoms with van der Waals surface area (Å²) >= 11 is 0. The lowest BCUT2D eigenvalue weighted by atomic mass is 9.96. The zero-order chi connectivity index (χ0) is 28.0. The standard InChI is InChI=1S/C21H39N7O8/c1-4-10(2)15(27-17(32)12(22)7-8-14(30)31)19(34)26-13(6-5-9-25-21(23)24)18(33)28-16(11(3)29)20(35)36/h10-13,15-16,29H,4-9,22H2,1-3H3,(H,26,34)(H,27,32)(H,28,33)(H,30,31)(H,35,36)(H4,23,24,25). The van der Waals surface area contributed by atoms with Crippen molar-refractivity contribution in [1.82, 2.24) is 16.0 Å². The van der Waals surface area contributed by atoms with Crippen molar-refractivity contribution in [2.24, 2.45) is 28.1 Å². The van der Waals surface area contributed by atoms with Crippen LogP contribution >= 0.6 is 0 Å². The number of aliphatic carboxylic acids is 2. The van der Waals surface area contributed by atoms with Gasteiger partial charge in [0.25, 0.3) is 0 Å². The smallest absolute Gasteiger partial charge is 0.328 e. The third-order valence-electron chi connectivity index (χ3n) is 5.42. The number of carboxylic acids is 2. The molecule has 3 amide bonds. The number of nitrogens with zero attached hydrogens (tertiary/aromatic N) is 1. The number of aliphatic hydroxyl groups is 1. The van der Waals surface area contributed by atoms with E-state index in [9.17, 15) is 34.2 Å². The van der Waals surface area contributed by atoms with Gasteiger partial charge in [-0.05, 0) is 32.1 Å². The molecular weight excluding hydrogens is 478 g/mol. The first kappa shape index (κ1) is 32.5. The maximum absolute atomic E-state index is 13.1. The summed E-state index contributed by atoms with van der Waals surface area (Å²) in [6, 6.07) is -5.14. The van der Waals surface area contributed by atoms with Crippen LogP contribution in [0.1, 0.15) is 52.9 Å². The van der Waals surface area contributed by atoms with Gasteiger partial charge in [0.2, 0.25) is 17.7 Å². The molecular formula is C21H39N7O8. The van der Waals surface area contributed by atoms with Crippen molar-refractivity contribution in [2.45, 2.75) is 83.1 Å². The van der Waals surface area contributed by atoms with E-state index >= 15 is 0 Å². The summed E-state index contributed by atoms with van der Waals surface area (Å²) < 4.78 is 0. The van der Waals surface area contributed by atoms with E-state index < -0.39 is 65.8 Å². The summed E-state index contributed by atoms with van der Waals surface area (Å²) in [7, 11) is 0. The average Bonchev–Trinajstić information content (AvgIpc) is 2.79. The van der Waals surface area contributed by atoms with E-state index in [0.717, 1.165) is 0 Å². The molecule has 15 heteroatoms. The Balaban J connectivity index is 5.65. The third kappa shape index (κ3) is 12.3. The molecule has 6 unspecified atom stereocenters. The minimum absolute atomic E-state index is 0.0137. The van der Waals surface area contributed by atoms with Gasteiger partial charge >= 0.3 is 11.9 Å². The minimum Gasteiger partial charge on any atom is -0.481 e. The quantitative estimate of drug-likeness (QED) is 0.0539.